The fourth-order valence-corrected chi connectivity index (χ4v) is 2.27. The second kappa shape index (κ2) is 4.55. The van der Waals surface area contributed by atoms with E-state index in [1.165, 1.54) is 5.56 Å². The summed E-state index contributed by atoms with van der Waals surface area (Å²) in [6.45, 7) is 3.68. The van der Waals surface area contributed by atoms with Gasteiger partial charge in [0.05, 0.1) is 25.3 Å². The number of benzene rings is 1. The van der Waals surface area contributed by atoms with Gasteiger partial charge < -0.3 is 14.0 Å². The van der Waals surface area contributed by atoms with Gasteiger partial charge in [0.15, 0.2) is 6.29 Å². The predicted octanol–water partition coefficient (Wildman–Crippen LogP) is 1.68. The van der Waals surface area contributed by atoms with Crippen LogP contribution in [0, 0.1) is 6.92 Å². The Hall–Kier alpha value is -1.65. The highest BCUT2D eigenvalue weighted by Gasteiger charge is 2.17. The molecule has 0 bridgehead atoms. The standard InChI is InChI=1S/C14H15NO3/c1-10-2-4-12-11(8-10)3-5-13(16)15(12)9-14-17-6-7-18-14/h2-5,8,14H,6-7,9H2,1H3. The van der Waals surface area contributed by atoms with E-state index < -0.39 is 0 Å². The average molecular weight is 245 g/mol. The maximum atomic E-state index is 12.0. The van der Waals surface area contributed by atoms with Gasteiger partial charge in [-0.3, -0.25) is 4.79 Å². The Morgan fingerprint density at radius 1 is 1.22 bits per heavy atom. The predicted molar refractivity (Wildman–Crippen MR) is 68.6 cm³/mol. The Bertz CT molecular complexity index is 626. The summed E-state index contributed by atoms with van der Waals surface area (Å²) >= 11 is 0. The fraction of sp³-hybridized carbons (Fsp3) is 0.357. The lowest BCUT2D eigenvalue weighted by Crippen LogP contribution is -2.26. The molecule has 3 rings (SSSR count). The first-order valence-electron chi connectivity index (χ1n) is 6.07. The van der Waals surface area contributed by atoms with E-state index in [0.29, 0.717) is 19.8 Å². The van der Waals surface area contributed by atoms with E-state index in [9.17, 15) is 4.79 Å². The number of aryl methyl sites for hydroxylation is 1. The molecule has 1 aliphatic heterocycles. The van der Waals surface area contributed by atoms with Crippen LogP contribution in [0.5, 0.6) is 0 Å². The highest BCUT2D eigenvalue weighted by molar-refractivity contribution is 5.79. The third kappa shape index (κ3) is 2.05. The van der Waals surface area contributed by atoms with Crippen LogP contribution >= 0.6 is 0 Å². The third-order valence-corrected chi connectivity index (χ3v) is 3.17. The van der Waals surface area contributed by atoms with Crippen molar-refractivity contribution in [3.63, 3.8) is 0 Å². The number of ether oxygens (including phenoxy) is 2. The normalized spacial score (nSPS) is 16.5. The Morgan fingerprint density at radius 2 is 2.00 bits per heavy atom. The van der Waals surface area contributed by atoms with E-state index in [1.807, 2.05) is 25.1 Å². The Labute approximate surface area is 105 Å². The average Bonchev–Trinajstić information content (AvgIpc) is 2.86. The molecule has 2 aromatic rings. The largest absolute Gasteiger partial charge is 0.348 e. The summed E-state index contributed by atoms with van der Waals surface area (Å²) in [7, 11) is 0. The van der Waals surface area contributed by atoms with Crippen molar-refractivity contribution < 1.29 is 9.47 Å². The second-order valence-corrected chi connectivity index (χ2v) is 4.52. The zero-order valence-electron chi connectivity index (χ0n) is 10.3. The van der Waals surface area contributed by atoms with Crippen molar-refractivity contribution in [3.05, 3.63) is 46.2 Å². The molecular weight excluding hydrogens is 230 g/mol. The summed E-state index contributed by atoms with van der Waals surface area (Å²) in [4.78, 5) is 12.0. The third-order valence-electron chi connectivity index (χ3n) is 3.17. The summed E-state index contributed by atoms with van der Waals surface area (Å²) < 4.78 is 12.5. The molecule has 2 heterocycles. The molecule has 1 fully saturated rings. The van der Waals surface area contributed by atoms with Crippen LogP contribution < -0.4 is 5.56 Å². The van der Waals surface area contributed by atoms with Gasteiger partial charge >= 0.3 is 0 Å². The van der Waals surface area contributed by atoms with Crippen LogP contribution in [0.2, 0.25) is 0 Å². The molecule has 0 saturated carbocycles. The highest BCUT2D eigenvalue weighted by Crippen LogP contribution is 2.15. The molecule has 0 N–H and O–H groups in total. The van der Waals surface area contributed by atoms with Crippen molar-refractivity contribution in [2.45, 2.75) is 19.8 Å². The Balaban J connectivity index is 2.08. The monoisotopic (exact) mass is 245 g/mol. The molecule has 1 aliphatic rings. The lowest BCUT2D eigenvalue weighted by molar-refractivity contribution is -0.0522. The van der Waals surface area contributed by atoms with E-state index >= 15 is 0 Å². The number of fused-ring (bicyclic) bond motifs is 1. The van der Waals surface area contributed by atoms with Crippen LogP contribution in [0.1, 0.15) is 5.56 Å². The van der Waals surface area contributed by atoms with Gasteiger partial charge in [0.2, 0.25) is 0 Å². The fourth-order valence-electron chi connectivity index (χ4n) is 2.27. The zero-order chi connectivity index (χ0) is 12.5. The van der Waals surface area contributed by atoms with Crippen LogP contribution in [-0.4, -0.2) is 24.1 Å². The summed E-state index contributed by atoms with van der Waals surface area (Å²) in [5.74, 6) is 0. The molecule has 1 aromatic carbocycles. The molecule has 0 aliphatic carbocycles. The molecule has 1 saturated heterocycles. The van der Waals surface area contributed by atoms with E-state index in [1.54, 1.807) is 10.6 Å². The number of rotatable bonds is 2. The highest BCUT2D eigenvalue weighted by atomic mass is 16.7. The van der Waals surface area contributed by atoms with Crippen LogP contribution in [0.3, 0.4) is 0 Å². The molecule has 4 nitrogen and oxygen atoms in total. The molecule has 0 radical (unpaired) electrons. The van der Waals surface area contributed by atoms with Gasteiger partial charge in [-0.1, -0.05) is 11.6 Å². The first-order valence-corrected chi connectivity index (χ1v) is 6.07. The van der Waals surface area contributed by atoms with Gasteiger partial charge in [0, 0.05) is 6.07 Å². The number of nitrogens with zero attached hydrogens (tertiary/aromatic N) is 1. The van der Waals surface area contributed by atoms with E-state index in [0.717, 1.165) is 10.9 Å². The second-order valence-electron chi connectivity index (χ2n) is 4.52. The van der Waals surface area contributed by atoms with Crippen LogP contribution in [0.15, 0.2) is 35.1 Å². The van der Waals surface area contributed by atoms with Crippen molar-refractivity contribution >= 4 is 10.9 Å². The molecule has 1 aromatic heterocycles. The van der Waals surface area contributed by atoms with Crippen molar-refractivity contribution in [2.24, 2.45) is 0 Å². The SMILES string of the molecule is Cc1ccc2c(ccc(=O)n2CC2OCCO2)c1. The zero-order valence-corrected chi connectivity index (χ0v) is 10.3. The molecule has 0 amide bonds. The van der Waals surface area contributed by atoms with E-state index in [-0.39, 0.29) is 11.8 Å². The quantitative estimate of drug-likeness (QED) is 0.808. The summed E-state index contributed by atoms with van der Waals surface area (Å²) in [5.41, 5.74) is 2.08. The molecule has 0 unspecified atom stereocenters. The summed E-state index contributed by atoms with van der Waals surface area (Å²) in [6.07, 6.45) is -0.311. The van der Waals surface area contributed by atoms with Gasteiger partial charge in [-0.2, -0.15) is 0 Å². The minimum absolute atomic E-state index is 0.0227. The molecule has 0 atom stereocenters. The maximum absolute atomic E-state index is 12.0. The van der Waals surface area contributed by atoms with Gasteiger partial charge in [0.1, 0.15) is 0 Å². The van der Waals surface area contributed by atoms with Crippen molar-refractivity contribution in [1.29, 1.82) is 0 Å². The number of aromatic nitrogens is 1. The van der Waals surface area contributed by atoms with Crippen LogP contribution in [0.25, 0.3) is 10.9 Å². The molecule has 4 heteroatoms. The van der Waals surface area contributed by atoms with Crippen molar-refractivity contribution in [3.8, 4) is 0 Å². The van der Waals surface area contributed by atoms with E-state index in [4.69, 9.17) is 9.47 Å². The van der Waals surface area contributed by atoms with Crippen LogP contribution in [0.4, 0.5) is 0 Å². The first kappa shape index (κ1) is 11.4. The molecule has 18 heavy (non-hydrogen) atoms. The van der Waals surface area contributed by atoms with Crippen LogP contribution in [-0.2, 0) is 16.0 Å². The minimum Gasteiger partial charge on any atom is -0.348 e. The van der Waals surface area contributed by atoms with Gasteiger partial charge in [0.25, 0.3) is 5.56 Å². The first-order chi connectivity index (χ1) is 8.74. The topological polar surface area (TPSA) is 40.5 Å². The van der Waals surface area contributed by atoms with Gasteiger partial charge in [-0.15, -0.1) is 0 Å². The Kier molecular flexibility index (Phi) is 2.89. The number of hydrogen-bond donors (Lipinski definition) is 0. The molecule has 94 valence electrons. The smallest absolute Gasteiger partial charge is 0.251 e. The maximum Gasteiger partial charge on any atom is 0.251 e. The summed E-state index contributed by atoms with van der Waals surface area (Å²) in [6, 6.07) is 9.51. The number of hydrogen-bond acceptors (Lipinski definition) is 3. The number of pyridine rings is 1. The van der Waals surface area contributed by atoms with Gasteiger partial charge in [-0.05, 0) is 30.5 Å². The Morgan fingerprint density at radius 3 is 2.78 bits per heavy atom. The molecular formula is C14H15NO3. The lowest BCUT2D eigenvalue weighted by Gasteiger charge is -2.14. The van der Waals surface area contributed by atoms with Gasteiger partial charge in [-0.25, -0.2) is 0 Å². The van der Waals surface area contributed by atoms with E-state index in [2.05, 4.69) is 6.07 Å². The summed E-state index contributed by atoms with van der Waals surface area (Å²) in [5, 5.41) is 1.06. The molecule has 0 spiro atoms. The van der Waals surface area contributed by atoms with Crippen molar-refractivity contribution in [2.75, 3.05) is 13.2 Å². The lowest BCUT2D eigenvalue weighted by atomic mass is 10.1. The minimum atomic E-state index is -0.311. The van der Waals surface area contributed by atoms with Crippen molar-refractivity contribution in [1.82, 2.24) is 4.57 Å².